The molecule has 2 rings (SSSR count). The Bertz CT molecular complexity index is 852. The molecule has 1 aliphatic rings. The fraction of sp³-hybridized carbons (Fsp3) is 0.632. The van der Waals surface area contributed by atoms with Gasteiger partial charge in [0.05, 0.1) is 27.2 Å². The minimum Gasteiger partial charge on any atom is -0.378 e. The Hall–Kier alpha value is -1.81. The van der Waals surface area contributed by atoms with Gasteiger partial charge in [-0.25, -0.2) is 8.42 Å². The molecule has 1 fully saturated rings. The largest absolute Gasteiger partial charge is 0.416 e. The number of nitrogens with one attached hydrogen (secondary N) is 2. The van der Waals surface area contributed by atoms with Crippen molar-refractivity contribution in [2.75, 3.05) is 18.4 Å². The predicted molar refractivity (Wildman–Crippen MR) is 104 cm³/mol. The summed E-state index contributed by atoms with van der Waals surface area (Å²) >= 11 is 0. The highest BCUT2D eigenvalue weighted by molar-refractivity contribution is 7.94. The topological polar surface area (TPSA) is 84.5 Å². The number of carbonyl (C=O) groups excluding carboxylic acids is 1. The number of rotatable bonds is 7. The summed E-state index contributed by atoms with van der Waals surface area (Å²) in [4.78, 5) is 12.6. The summed E-state index contributed by atoms with van der Waals surface area (Å²) in [7, 11) is -2.34. The van der Waals surface area contributed by atoms with Gasteiger partial charge in [-0.3, -0.25) is 9.52 Å². The van der Waals surface area contributed by atoms with Crippen molar-refractivity contribution in [3.05, 3.63) is 29.3 Å². The van der Waals surface area contributed by atoms with Crippen LogP contribution >= 0.6 is 0 Å². The van der Waals surface area contributed by atoms with E-state index in [1.54, 1.807) is 7.11 Å². The molecule has 1 aromatic rings. The number of hydrogen-bond donors (Lipinski definition) is 2. The van der Waals surface area contributed by atoms with Gasteiger partial charge in [0.1, 0.15) is 0 Å². The highest BCUT2D eigenvalue weighted by Crippen LogP contribution is 2.37. The average Bonchev–Trinajstić information content (AvgIpc) is 2.55. The molecule has 0 spiro atoms. The number of halogens is 3. The fourth-order valence-electron chi connectivity index (χ4n) is 2.92. The van der Waals surface area contributed by atoms with E-state index in [0.717, 1.165) is 31.4 Å². The lowest BCUT2D eigenvalue weighted by molar-refractivity contribution is -0.137. The molecule has 0 saturated heterocycles. The maximum absolute atomic E-state index is 13.1. The number of methoxy groups -OCH3 is 1. The second-order valence-corrected chi connectivity index (χ2v) is 10.7. The molecule has 1 amide bonds. The van der Waals surface area contributed by atoms with Gasteiger partial charge in [0.15, 0.2) is 0 Å². The number of anilines is 1. The van der Waals surface area contributed by atoms with Crippen LogP contribution in [0.4, 0.5) is 18.9 Å². The smallest absolute Gasteiger partial charge is 0.378 e. The zero-order valence-corrected chi connectivity index (χ0v) is 17.8. The SMILES string of the molecule is COC1(CCNC(=O)c2cc(C(F)(F)F)ccc2NS(=O)(=O)C(C)(C)C)CCC1. The van der Waals surface area contributed by atoms with Crippen LogP contribution in [0.1, 0.15) is 62.4 Å². The fourth-order valence-corrected chi connectivity index (χ4v) is 3.70. The summed E-state index contributed by atoms with van der Waals surface area (Å²) in [5.41, 5.74) is -1.92. The molecule has 29 heavy (non-hydrogen) atoms. The van der Waals surface area contributed by atoms with Crippen LogP contribution in [0.5, 0.6) is 0 Å². The third-order valence-electron chi connectivity index (χ3n) is 5.21. The number of carbonyl (C=O) groups is 1. The monoisotopic (exact) mass is 436 g/mol. The van der Waals surface area contributed by atoms with E-state index in [0.29, 0.717) is 12.5 Å². The molecule has 2 N–H and O–H groups in total. The maximum Gasteiger partial charge on any atom is 0.416 e. The summed E-state index contributed by atoms with van der Waals surface area (Å²) in [6.07, 6.45) is -1.40. The number of alkyl halides is 3. The maximum atomic E-state index is 13.1. The third kappa shape index (κ3) is 5.42. The molecule has 6 nitrogen and oxygen atoms in total. The summed E-state index contributed by atoms with van der Waals surface area (Å²) in [6.45, 7) is 4.54. The lowest BCUT2D eigenvalue weighted by Crippen LogP contribution is -2.42. The second kappa shape index (κ2) is 8.14. The third-order valence-corrected chi connectivity index (χ3v) is 7.31. The van der Waals surface area contributed by atoms with E-state index in [9.17, 15) is 26.4 Å². The Labute approximate surface area is 169 Å². The first-order chi connectivity index (χ1) is 13.2. The van der Waals surface area contributed by atoms with E-state index in [-0.39, 0.29) is 23.4 Å². The van der Waals surface area contributed by atoms with E-state index in [1.807, 2.05) is 0 Å². The van der Waals surface area contributed by atoms with Gasteiger partial charge in [-0.2, -0.15) is 13.2 Å². The van der Waals surface area contributed by atoms with E-state index in [1.165, 1.54) is 20.8 Å². The highest BCUT2D eigenvalue weighted by atomic mass is 32.2. The quantitative estimate of drug-likeness (QED) is 0.678. The van der Waals surface area contributed by atoms with Crippen molar-refractivity contribution in [2.24, 2.45) is 0 Å². The van der Waals surface area contributed by atoms with Crippen LogP contribution in [0, 0.1) is 0 Å². The van der Waals surface area contributed by atoms with E-state index < -0.39 is 32.4 Å². The van der Waals surface area contributed by atoms with E-state index in [2.05, 4.69) is 10.0 Å². The highest BCUT2D eigenvalue weighted by Gasteiger charge is 2.37. The zero-order chi connectivity index (χ0) is 22.1. The van der Waals surface area contributed by atoms with Crippen molar-refractivity contribution in [3.63, 3.8) is 0 Å². The number of sulfonamides is 1. The number of benzene rings is 1. The van der Waals surface area contributed by atoms with Gasteiger partial charge < -0.3 is 10.1 Å². The Kier molecular flexibility index (Phi) is 6.59. The molecule has 0 heterocycles. The Morgan fingerprint density at radius 2 is 1.83 bits per heavy atom. The van der Waals surface area contributed by atoms with Gasteiger partial charge >= 0.3 is 6.18 Å². The summed E-state index contributed by atoms with van der Waals surface area (Å²) < 4.78 is 70.7. The molecule has 0 radical (unpaired) electrons. The predicted octanol–water partition coefficient (Wildman–Crippen LogP) is 3.93. The standard InChI is InChI=1S/C19H27F3N2O4S/c1-17(2,3)29(26,27)24-15-7-6-13(19(20,21)22)12-14(15)16(25)23-11-10-18(28-4)8-5-9-18/h6-7,12,24H,5,8-11H2,1-4H3,(H,23,25). The van der Waals surface area contributed by atoms with Gasteiger partial charge in [0, 0.05) is 13.7 Å². The van der Waals surface area contributed by atoms with Crippen LogP contribution in [0.2, 0.25) is 0 Å². The van der Waals surface area contributed by atoms with Crippen LogP contribution < -0.4 is 10.0 Å². The normalized spacial score (nSPS) is 16.8. The van der Waals surface area contributed by atoms with Crippen LogP contribution in [-0.2, 0) is 20.9 Å². The lowest BCUT2D eigenvalue weighted by atomic mass is 9.77. The Morgan fingerprint density at radius 1 is 1.21 bits per heavy atom. The molecular weight excluding hydrogens is 409 g/mol. The molecule has 164 valence electrons. The average molecular weight is 436 g/mol. The van der Waals surface area contributed by atoms with Crippen molar-refractivity contribution >= 4 is 21.6 Å². The first-order valence-corrected chi connectivity index (χ1v) is 10.8. The lowest BCUT2D eigenvalue weighted by Gasteiger charge is -2.40. The molecule has 0 atom stereocenters. The molecule has 0 aliphatic heterocycles. The second-order valence-electron chi connectivity index (χ2n) is 8.22. The van der Waals surface area contributed by atoms with Crippen molar-refractivity contribution < 1.29 is 31.1 Å². The molecule has 0 unspecified atom stereocenters. The number of amides is 1. The van der Waals surface area contributed by atoms with Gasteiger partial charge in [0.2, 0.25) is 10.0 Å². The van der Waals surface area contributed by atoms with Crippen LogP contribution in [0.25, 0.3) is 0 Å². The molecule has 1 aromatic carbocycles. The molecular formula is C19H27F3N2O4S. The number of ether oxygens (including phenoxy) is 1. The molecule has 0 bridgehead atoms. The van der Waals surface area contributed by atoms with Crippen molar-refractivity contribution in [1.29, 1.82) is 0 Å². The molecule has 1 aliphatic carbocycles. The first-order valence-electron chi connectivity index (χ1n) is 9.28. The summed E-state index contributed by atoms with van der Waals surface area (Å²) in [6, 6.07) is 2.36. The van der Waals surface area contributed by atoms with Crippen molar-refractivity contribution in [1.82, 2.24) is 5.32 Å². The first kappa shape index (κ1) is 23.5. The van der Waals surface area contributed by atoms with Gasteiger partial charge in [-0.1, -0.05) is 0 Å². The van der Waals surface area contributed by atoms with Crippen LogP contribution in [0.15, 0.2) is 18.2 Å². The molecule has 10 heteroatoms. The Morgan fingerprint density at radius 3 is 2.28 bits per heavy atom. The van der Waals surface area contributed by atoms with Crippen molar-refractivity contribution in [3.8, 4) is 0 Å². The Balaban J connectivity index is 2.27. The summed E-state index contributed by atoms with van der Waals surface area (Å²) in [5.74, 6) is -0.784. The molecule has 1 saturated carbocycles. The van der Waals surface area contributed by atoms with Crippen molar-refractivity contribution in [2.45, 2.75) is 63.0 Å². The summed E-state index contributed by atoms with van der Waals surface area (Å²) in [5, 5.41) is 2.58. The minimum absolute atomic E-state index is 0.199. The van der Waals surface area contributed by atoms with Crippen LogP contribution in [0.3, 0.4) is 0 Å². The van der Waals surface area contributed by atoms with E-state index in [4.69, 9.17) is 4.74 Å². The molecule has 0 aromatic heterocycles. The van der Waals surface area contributed by atoms with Gasteiger partial charge in [-0.05, 0) is 64.7 Å². The van der Waals surface area contributed by atoms with Gasteiger partial charge in [-0.15, -0.1) is 0 Å². The zero-order valence-electron chi connectivity index (χ0n) is 16.9. The van der Waals surface area contributed by atoms with Crippen LogP contribution in [-0.4, -0.2) is 38.3 Å². The number of hydrogen-bond acceptors (Lipinski definition) is 4. The van der Waals surface area contributed by atoms with Gasteiger partial charge in [0.25, 0.3) is 5.91 Å². The van der Waals surface area contributed by atoms with E-state index >= 15 is 0 Å². The minimum atomic E-state index is -4.66.